The molecule has 2 rings (SSSR count). The van der Waals surface area contributed by atoms with Crippen LogP contribution in [0.1, 0.15) is 16.7 Å². The highest BCUT2D eigenvalue weighted by Crippen LogP contribution is 2.40. The molecule has 0 atom stereocenters. The molecule has 0 aliphatic carbocycles. The lowest BCUT2D eigenvalue weighted by Gasteiger charge is -2.19. The number of aliphatic hydroxyl groups is 1. The Morgan fingerprint density at radius 2 is 1.78 bits per heavy atom. The molecule has 2 aromatic carbocycles. The minimum Gasteiger partial charge on any atom is -0.445 e. The van der Waals surface area contributed by atoms with Gasteiger partial charge in [-0.15, -0.1) is 0 Å². The first-order valence-electron chi connectivity index (χ1n) is 6.65. The number of hydrogen-bond donors (Lipinski definition) is 2. The predicted octanol–water partition coefficient (Wildman–Crippen LogP) is 3.46. The van der Waals surface area contributed by atoms with Crippen molar-refractivity contribution in [3.63, 3.8) is 0 Å². The Kier molecular flexibility index (Phi) is 4.90. The first-order chi connectivity index (χ1) is 10.8. The second-order valence-electron chi connectivity index (χ2n) is 4.76. The number of rotatable bonds is 4. The fourth-order valence-electron chi connectivity index (χ4n) is 2.32. The van der Waals surface area contributed by atoms with Crippen LogP contribution in [0.25, 0.3) is 11.1 Å². The van der Waals surface area contributed by atoms with Crippen molar-refractivity contribution < 1.29 is 27.8 Å². The minimum absolute atomic E-state index is 0.0762. The molecule has 0 aliphatic rings. The molecule has 0 unspecified atom stereocenters. The lowest BCUT2D eigenvalue weighted by atomic mass is 9.91. The maximum Gasteiger partial charge on any atom is 0.417 e. The molecule has 1 amide bonds. The number of hydrogen-bond acceptors (Lipinski definition) is 3. The zero-order chi connectivity index (χ0) is 17.0. The van der Waals surface area contributed by atoms with Gasteiger partial charge in [0.2, 0.25) is 0 Å². The second-order valence-corrected chi connectivity index (χ2v) is 4.76. The summed E-state index contributed by atoms with van der Waals surface area (Å²) in [5.41, 5.74) is 4.51. The highest BCUT2D eigenvalue weighted by atomic mass is 19.4. The van der Waals surface area contributed by atoms with Crippen LogP contribution >= 0.6 is 0 Å². The average molecular weight is 325 g/mol. The molecule has 3 N–H and O–H groups in total. The first-order valence-corrected chi connectivity index (χ1v) is 6.65. The van der Waals surface area contributed by atoms with Crippen LogP contribution in [0, 0.1) is 0 Å². The van der Waals surface area contributed by atoms with Crippen molar-refractivity contribution in [3.05, 3.63) is 59.2 Å². The first kappa shape index (κ1) is 16.8. The van der Waals surface area contributed by atoms with E-state index in [0.29, 0.717) is 5.56 Å². The highest BCUT2D eigenvalue weighted by Gasteiger charge is 2.35. The lowest BCUT2D eigenvalue weighted by molar-refractivity contribution is -0.137. The standard InChI is InChI=1S/C16H14F3NO3/c17-16(18,19)13-7-6-11(8-21)12(9-23-15(20)22)14(13)10-4-2-1-3-5-10/h1-7,21H,8-9H2,(H2,20,22). The molecular formula is C16H14F3NO3. The molecule has 2 aromatic rings. The van der Waals surface area contributed by atoms with E-state index in [1.165, 1.54) is 12.1 Å². The number of amides is 1. The molecule has 23 heavy (non-hydrogen) atoms. The third kappa shape index (κ3) is 3.81. The summed E-state index contributed by atoms with van der Waals surface area (Å²) < 4.78 is 44.7. The number of primary amides is 1. The summed E-state index contributed by atoms with van der Waals surface area (Å²) in [5.74, 6) is 0. The molecule has 0 saturated heterocycles. The van der Waals surface area contributed by atoms with E-state index in [-0.39, 0.29) is 16.7 Å². The van der Waals surface area contributed by atoms with Gasteiger partial charge in [0.25, 0.3) is 0 Å². The van der Waals surface area contributed by atoms with Gasteiger partial charge in [0.15, 0.2) is 0 Å². The van der Waals surface area contributed by atoms with Crippen molar-refractivity contribution in [1.82, 2.24) is 0 Å². The number of ether oxygens (including phenoxy) is 1. The summed E-state index contributed by atoms with van der Waals surface area (Å²) in [6.45, 7) is -0.950. The van der Waals surface area contributed by atoms with Crippen molar-refractivity contribution >= 4 is 6.09 Å². The summed E-state index contributed by atoms with van der Waals surface area (Å²) in [7, 11) is 0. The van der Waals surface area contributed by atoms with E-state index in [9.17, 15) is 23.1 Å². The van der Waals surface area contributed by atoms with Gasteiger partial charge in [0.1, 0.15) is 6.61 Å². The lowest BCUT2D eigenvalue weighted by Crippen LogP contribution is -2.16. The quantitative estimate of drug-likeness (QED) is 0.904. The van der Waals surface area contributed by atoms with E-state index in [0.717, 1.165) is 12.1 Å². The monoisotopic (exact) mass is 325 g/mol. The van der Waals surface area contributed by atoms with Gasteiger partial charge in [-0.2, -0.15) is 13.2 Å². The molecule has 7 heteroatoms. The van der Waals surface area contributed by atoms with Crippen LogP contribution in [0.15, 0.2) is 42.5 Å². The van der Waals surface area contributed by atoms with Gasteiger partial charge >= 0.3 is 12.3 Å². The fourth-order valence-corrected chi connectivity index (χ4v) is 2.32. The Morgan fingerprint density at radius 3 is 2.30 bits per heavy atom. The molecule has 0 saturated carbocycles. The number of nitrogens with two attached hydrogens (primary N) is 1. The number of carbonyl (C=O) groups is 1. The van der Waals surface area contributed by atoms with E-state index >= 15 is 0 Å². The number of alkyl halides is 3. The van der Waals surface area contributed by atoms with E-state index in [1.807, 2.05) is 0 Å². The topological polar surface area (TPSA) is 72.6 Å². The van der Waals surface area contributed by atoms with Crippen LogP contribution in [-0.2, 0) is 24.1 Å². The Labute approximate surface area is 130 Å². The van der Waals surface area contributed by atoms with E-state index < -0.39 is 31.0 Å². The SMILES string of the molecule is NC(=O)OCc1c(CO)ccc(C(F)(F)F)c1-c1ccccc1. The zero-order valence-corrected chi connectivity index (χ0v) is 11.9. The van der Waals surface area contributed by atoms with Crippen LogP contribution in [0.5, 0.6) is 0 Å². The molecule has 0 aromatic heterocycles. The largest absolute Gasteiger partial charge is 0.445 e. The van der Waals surface area contributed by atoms with Gasteiger partial charge in [-0.3, -0.25) is 0 Å². The van der Waals surface area contributed by atoms with E-state index in [2.05, 4.69) is 4.74 Å². The van der Waals surface area contributed by atoms with Crippen LogP contribution < -0.4 is 5.73 Å². The molecule has 122 valence electrons. The van der Waals surface area contributed by atoms with Gasteiger partial charge in [-0.25, -0.2) is 4.79 Å². The summed E-state index contributed by atoms with van der Waals surface area (Å²) in [5, 5.41) is 9.40. The number of carbonyl (C=O) groups excluding carboxylic acids is 1. The van der Waals surface area contributed by atoms with Crippen molar-refractivity contribution in [2.75, 3.05) is 0 Å². The van der Waals surface area contributed by atoms with Crippen molar-refractivity contribution in [2.24, 2.45) is 5.73 Å². The summed E-state index contributed by atoms with van der Waals surface area (Å²) in [4.78, 5) is 10.8. The normalized spacial score (nSPS) is 11.3. The summed E-state index contributed by atoms with van der Waals surface area (Å²) in [6.07, 6.45) is -5.70. The molecule has 0 radical (unpaired) electrons. The van der Waals surface area contributed by atoms with Gasteiger partial charge < -0.3 is 15.6 Å². The van der Waals surface area contributed by atoms with Crippen LogP contribution in [0.4, 0.5) is 18.0 Å². The third-order valence-corrected chi connectivity index (χ3v) is 3.31. The molecule has 0 heterocycles. The highest BCUT2D eigenvalue weighted by molar-refractivity contribution is 5.73. The maximum absolute atomic E-state index is 13.4. The number of halogens is 3. The Hall–Kier alpha value is -2.54. The molecular weight excluding hydrogens is 311 g/mol. The summed E-state index contributed by atoms with van der Waals surface area (Å²) >= 11 is 0. The Morgan fingerprint density at radius 1 is 1.13 bits per heavy atom. The smallest absolute Gasteiger partial charge is 0.417 e. The number of aliphatic hydroxyl groups excluding tert-OH is 1. The average Bonchev–Trinajstić information content (AvgIpc) is 2.51. The van der Waals surface area contributed by atoms with E-state index in [4.69, 9.17) is 5.73 Å². The fraction of sp³-hybridized carbons (Fsp3) is 0.188. The van der Waals surface area contributed by atoms with E-state index in [1.54, 1.807) is 18.2 Å². The Balaban J connectivity index is 2.72. The zero-order valence-electron chi connectivity index (χ0n) is 11.9. The molecule has 0 bridgehead atoms. The maximum atomic E-state index is 13.4. The van der Waals surface area contributed by atoms with Gasteiger partial charge in [0, 0.05) is 11.1 Å². The van der Waals surface area contributed by atoms with Crippen LogP contribution in [-0.4, -0.2) is 11.2 Å². The predicted molar refractivity (Wildman–Crippen MR) is 77.2 cm³/mol. The molecule has 4 nitrogen and oxygen atoms in total. The van der Waals surface area contributed by atoms with Crippen LogP contribution in [0.2, 0.25) is 0 Å². The molecule has 0 spiro atoms. The van der Waals surface area contributed by atoms with Crippen molar-refractivity contribution in [3.8, 4) is 11.1 Å². The molecule has 0 aliphatic heterocycles. The third-order valence-electron chi connectivity index (χ3n) is 3.31. The minimum atomic E-state index is -4.60. The van der Waals surface area contributed by atoms with Gasteiger partial charge in [0.05, 0.1) is 12.2 Å². The summed E-state index contributed by atoms with van der Waals surface area (Å²) in [6, 6.07) is 9.96. The molecule has 0 fully saturated rings. The van der Waals surface area contributed by atoms with Crippen molar-refractivity contribution in [1.29, 1.82) is 0 Å². The second kappa shape index (κ2) is 6.70. The Bertz CT molecular complexity index is 700. The number of benzene rings is 2. The van der Waals surface area contributed by atoms with Crippen LogP contribution in [0.3, 0.4) is 0 Å². The van der Waals surface area contributed by atoms with Crippen molar-refractivity contribution in [2.45, 2.75) is 19.4 Å². The van der Waals surface area contributed by atoms with Gasteiger partial charge in [-0.1, -0.05) is 36.4 Å². The van der Waals surface area contributed by atoms with Gasteiger partial charge in [-0.05, 0) is 17.2 Å².